The fraction of sp³-hybridized carbons (Fsp3) is 0.368. The molecule has 0 saturated heterocycles. The van der Waals surface area contributed by atoms with E-state index in [0.29, 0.717) is 5.56 Å². The molecule has 0 unspecified atom stereocenters. The highest BCUT2D eigenvalue weighted by atomic mass is 16.1. The standard InChI is InChI=1S/C19H25N3O/c1-5-6-9-22(4)18-11-16(12-20-13-18)19(23)21-17-8-7-14(2)15(3)10-17/h7-8,10-13H,5-6,9H2,1-4H3,(H,21,23). The second-order valence-electron chi connectivity index (χ2n) is 5.96. The van der Waals surface area contributed by atoms with E-state index in [1.54, 1.807) is 12.4 Å². The van der Waals surface area contributed by atoms with Gasteiger partial charge >= 0.3 is 0 Å². The Bertz CT molecular complexity index is 682. The minimum absolute atomic E-state index is 0.133. The number of pyridine rings is 1. The van der Waals surface area contributed by atoms with Crippen LogP contribution in [0.15, 0.2) is 36.7 Å². The summed E-state index contributed by atoms with van der Waals surface area (Å²) in [6.45, 7) is 7.22. The summed E-state index contributed by atoms with van der Waals surface area (Å²) in [7, 11) is 2.03. The fourth-order valence-corrected chi connectivity index (χ4v) is 2.31. The summed E-state index contributed by atoms with van der Waals surface area (Å²) >= 11 is 0. The maximum Gasteiger partial charge on any atom is 0.257 e. The van der Waals surface area contributed by atoms with Crippen LogP contribution in [0.25, 0.3) is 0 Å². The Morgan fingerprint density at radius 3 is 2.65 bits per heavy atom. The van der Waals surface area contributed by atoms with Crippen molar-refractivity contribution in [3.05, 3.63) is 53.3 Å². The lowest BCUT2D eigenvalue weighted by molar-refractivity contribution is 0.102. The lowest BCUT2D eigenvalue weighted by Crippen LogP contribution is -2.20. The molecular weight excluding hydrogens is 286 g/mol. The van der Waals surface area contributed by atoms with E-state index in [-0.39, 0.29) is 5.91 Å². The second kappa shape index (κ2) is 7.77. The van der Waals surface area contributed by atoms with Gasteiger partial charge in [0.25, 0.3) is 5.91 Å². The zero-order valence-corrected chi connectivity index (χ0v) is 14.4. The van der Waals surface area contributed by atoms with E-state index in [9.17, 15) is 4.79 Å². The number of hydrogen-bond donors (Lipinski definition) is 1. The molecule has 1 aromatic carbocycles. The van der Waals surface area contributed by atoms with E-state index in [4.69, 9.17) is 0 Å². The Hall–Kier alpha value is -2.36. The van der Waals surface area contributed by atoms with Crippen LogP contribution in [0.4, 0.5) is 11.4 Å². The Kier molecular flexibility index (Phi) is 5.74. The highest BCUT2D eigenvalue weighted by molar-refractivity contribution is 6.04. The number of nitrogens with one attached hydrogen (secondary N) is 1. The van der Waals surface area contributed by atoms with Gasteiger partial charge in [-0.05, 0) is 49.6 Å². The van der Waals surface area contributed by atoms with Gasteiger partial charge in [-0.2, -0.15) is 0 Å². The normalized spacial score (nSPS) is 10.4. The van der Waals surface area contributed by atoms with Gasteiger partial charge < -0.3 is 10.2 Å². The topological polar surface area (TPSA) is 45.2 Å². The summed E-state index contributed by atoms with van der Waals surface area (Å²) in [6.07, 6.45) is 5.66. The van der Waals surface area contributed by atoms with Crippen molar-refractivity contribution < 1.29 is 4.79 Å². The number of hydrogen-bond acceptors (Lipinski definition) is 3. The SMILES string of the molecule is CCCCN(C)c1cncc(C(=O)Nc2ccc(C)c(C)c2)c1. The molecule has 0 atom stereocenters. The van der Waals surface area contributed by atoms with Crippen LogP contribution in [0.2, 0.25) is 0 Å². The lowest BCUT2D eigenvalue weighted by atomic mass is 10.1. The maximum atomic E-state index is 12.4. The molecule has 4 nitrogen and oxygen atoms in total. The van der Waals surface area contributed by atoms with Crippen LogP contribution in [0.1, 0.15) is 41.3 Å². The Balaban J connectivity index is 2.11. The van der Waals surface area contributed by atoms with E-state index in [2.05, 4.69) is 29.0 Å². The molecule has 2 rings (SSSR count). The quantitative estimate of drug-likeness (QED) is 0.870. The van der Waals surface area contributed by atoms with Crippen LogP contribution in [0.5, 0.6) is 0 Å². The minimum Gasteiger partial charge on any atom is -0.373 e. The van der Waals surface area contributed by atoms with Crippen LogP contribution in [0, 0.1) is 13.8 Å². The molecular formula is C19H25N3O. The molecule has 0 spiro atoms. The summed E-state index contributed by atoms with van der Waals surface area (Å²) in [5, 5.41) is 2.94. The molecule has 0 saturated carbocycles. The Labute approximate surface area is 138 Å². The van der Waals surface area contributed by atoms with Gasteiger partial charge in [-0.25, -0.2) is 0 Å². The van der Waals surface area contributed by atoms with Crippen molar-refractivity contribution in [3.63, 3.8) is 0 Å². The third kappa shape index (κ3) is 4.55. The van der Waals surface area contributed by atoms with Gasteiger partial charge in [0, 0.05) is 25.5 Å². The molecule has 1 N–H and O–H groups in total. The van der Waals surface area contributed by atoms with E-state index in [1.807, 2.05) is 38.2 Å². The predicted molar refractivity (Wildman–Crippen MR) is 96.3 cm³/mol. The second-order valence-corrected chi connectivity index (χ2v) is 5.96. The molecule has 1 amide bonds. The number of carbonyl (C=O) groups excluding carboxylic acids is 1. The van der Waals surface area contributed by atoms with Gasteiger partial charge in [-0.1, -0.05) is 19.4 Å². The summed E-state index contributed by atoms with van der Waals surface area (Å²) in [5.41, 5.74) is 4.72. The van der Waals surface area contributed by atoms with E-state index in [1.165, 1.54) is 5.56 Å². The van der Waals surface area contributed by atoms with Gasteiger partial charge in [-0.15, -0.1) is 0 Å². The monoisotopic (exact) mass is 311 g/mol. The first-order chi connectivity index (χ1) is 11.0. The first-order valence-corrected chi connectivity index (χ1v) is 8.06. The third-order valence-corrected chi connectivity index (χ3v) is 4.04. The highest BCUT2D eigenvalue weighted by Gasteiger charge is 2.10. The fourth-order valence-electron chi connectivity index (χ4n) is 2.31. The zero-order chi connectivity index (χ0) is 16.8. The number of aromatic nitrogens is 1. The van der Waals surface area contributed by atoms with Gasteiger partial charge in [-0.3, -0.25) is 9.78 Å². The van der Waals surface area contributed by atoms with Crippen molar-refractivity contribution in [2.24, 2.45) is 0 Å². The zero-order valence-electron chi connectivity index (χ0n) is 14.4. The van der Waals surface area contributed by atoms with Crippen LogP contribution in [0.3, 0.4) is 0 Å². The van der Waals surface area contributed by atoms with Gasteiger partial charge in [0.2, 0.25) is 0 Å². The molecule has 0 aliphatic carbocycles. The van der Waals surface area contributed by atoms with Crippen LogP contribution in [-0.2, 0) is 0 Å². The lowest BCUT2D eigenvalue weighted by Gasteiger charge is -2.19. The number of unbranched alkanes of at least 4 members (excludes halogenated alkanes) is 1. The van der Waals surface area contributed by atoms with Crippen molar-refractivity contribution in [2.75, 3.05) is 23.8 Å². The van der Waals surface area contributed by atoms with Crippen molar-refractivity contribution >= 4 is 17.3 Å². The summed E-state index contributed by atoms with van der Waals surface area (Å²) in [6, 6.07) is 7.81. The molecule has 4 heteroatoms. The average molecular weight is 311 g/mol. The number of anilines is 2. The number of aryl methyl sites for hydroxylation is 2. The highest BCUT2D eigenvalue weighted by Crippen LogP contribution is 2.17. The van der Waals surface area contributed by atoms with Crippen molar-refractivity contribution in [1.82, 2.24) is 4.98 Å². The van der Waals surface area contributed by atoms with Crippen LogP contribution in [-0.4, -0.2) is 24.5 Å². The van der Waals surface area contributed by atoms with E-state index < -0.39 is 0 Å². The van der Waals surface area contributed by atoms with Crippen LogP contribution < -0.4 is 10.2 Å². The van der Waals surface area contributed by atoms with Crippen molar-refractivity contribution in [2.45, 2.75) is 33.6 Å². The molecule has 2 aromatic rings. The number of nitrogens with zero attached hydrogens (tertiary/aromatic N) is 2. The Morgan fingerprint density at radius 1 is 1.17 bits per heavy atom. The molecule has 1 heterocycles. The molecule has 0 fully saturated rings. The summed E-state index contributed by atoms with van der Waals surface area (Å²) in [4.78, 5) is 18.8. The summed E-state index contributed by atoms with van der Waals surface area (Å²) < 4.78 is 0. The first-order valence-electron chi connectivity index (χ1n) is 8.06. The first kappa shape index (κ1) is 17.0. The van der Waals surface area contributed by atoms with Crippen molar-refractivity contribution in [3.8, 4) is 0 Å². The number of carbonyl (C=O) groups is 1. The molecule has 1 aromatic heterocycles. The van der Waals surface area contributed by atoms with Gasteiger partial charge in [0.05, 0.1) is 17.4 Å². The molecule has 0 radical (unpaired) electrons. The third-order valence-electron chi connectivity index (χ3n) is 4.04. The molecule has 0 bridgehead atoms. The number of rotatable bonds is 6. The minimum atomic E-state index is -0.133. The van der Waals surface area contributed by atoms with E-state index >= 15 is 0 Å². The largest absolute Gasteiger partial charge is 0.373 e. The van der Waals surface area contributed by atoms with E-state index in [0.717, 1.165) is 36.3 Å². The average Bonchev–Trinajstić information content (AvgIpc) is 2.56. The number of amides is 1. The Morgan fingerprint density at radius 2 is 1.96 bits per heavy atom. The molecule has 122 valence electrons. The van der Waals surface area contributed by atoms with Crippen LogP contribution >= 0.6 is 0 Å². The van der Waals surface area contributed by atoms with Gasteiger partial charge in [0.15, 0.2) is 0 Å². The molecule has 0 aliphatic heterocycles. The van der Waals surface area contributed by atoms with Gasteiger partial charge in [0.1, 0.15) is 0 Å². The predicted octanol–water partition coefficient (Wildman–Crippen LogP) is 4.19. The van der Waals surface area contributed by atoms with Crippen molar-refractivity contribution in [1.29, 1.82) is 0 Å². The number of benzene rings is 1. The summed E-state index contributed by atoms with van der Waals surface area (Å²) in [5.74, 6) is -0.133. The maximum absolute atomic E-state index is 12.4. The molecule has 23 heavy (non-hydrogen) atoms. The smallest absolute Gasteiger partial charge is 0.257 e. The molecule has 0 aliphatic rings.